The summed E-state index contributed by atoms with van der Waals surface area (Å²) in [6.45, 7) is 0.452. The van der Waals surface area contributed by atoms with Crippen molar-refractivity contribution >= 4 is 21.8 Å². The highest BCUT2D eigenvalue weighted by atomic mass is 79.9. The van der Waals surface area contributed by atoms with Crippen molar-refractivity contribution in [1.82, 2.24) is 10.2 Å². The average Bonchev–Trinajstić information content (AvgIpc) is 2.53. The van der Waals surface area contributed by atoms with Gasteiger partial charge in [0.15, 0.2) is 0 Å². The van der Waals surface area contributed by atoms with E-state index in [1.807, 2.05) is 49.3 Å². The molecule has 0 saturated heterocycles. The molecule has 0 aromatic heterocycles. The van der Waals surface area contributed by atoms with Gasteiger partial charge < -0.3 is 10.2 Å². The summed E-state index contributed by atoms with van der Waals surface area (Å²) in [5.41, 5.74) is 1.97. The molecule has 2 aromatic carbocycles. The maximum Gasteiger partial charge on any atom is 0.220 e. The van der Waals surface area contributed by atoms with Crippen LogP contribution in [-0.2, 0) is 11.2 Å². The minimum Gasteiger partial charge on any atom is -0.354 e. The standard InChI is InChI=1S/C19H22BrFN2O/c1-23(2)18(15-6-4-8-17(21)12-15)13-22-19(24)10-9-14-5-3-7-16(20)11-14/h3-8,11-12,18H,9-10,13H2,1-2H3,(H,22,24). The van der Waals surface area contributed by atoms with E-state index in [-0.39, 0.29) is 17.8 Å². The van der Waals surface area contributed by atoms with Gasteiger partial charge in [0.1, 0.15) is 5.82 Å². The van der Waals surface area contributed by atoms with Crippen LogP contribution in [-0.4, -0.2) is 31.4 Å². The van der Waals surface area contributed by atoms with Gasteiger partial charge in [-0.3, -0.25) is 4.79 Å². The van der Waals surface area contributed by atoms with Crippen LogP contribution in [0.15, 0.2) is 53.0 Å². The number of nitrogens with zero attached hydrogens (tertiary/aromatic N) is 1. The molecule has 1 N–H and O–H groups in total. The normalized spacial score (nSPS) is 12.2. The Balaban J connectivity index is 1.88. The van der Waals surface area contributed by atoms with E-state index < -0.39 is 0 Å². The van der Waals surface area contributed by atoms with Gasteiger partial charge in [-0.15, -0.1) is 0 Å². The zero-order valence-electron chi connectivity index (χ0n) is 13.9. The third kappa shape index (κ3) is 5.73. The number of aryl methyl sites for hydroxylation is 1. The average molecular weight is 393 g/mol. The highest BCUT2D eigenvalue weighted by Gasteiger charge is 2.15. The first kappa shape index (κ1) is 18.6. The molecule has 0 bridgehead atoms. The Bertz CT molecular complexity index is 691. The van der Waals surface area contributed by atoms with Crippen molar-refractivity contribution in [2.75, 3.05) is 20.6 Å². The van der Waals surface area contributed by atoms with Crippen LogP contribution in [0.4, 0.5) is 4.39 Å². The molecule has 0 saturated carbocycles. The summed E-state index contributed by atoms with van der Waals surface area (Å²) in [5, 5.41) is 2.95. The van der Waals surface area contributed by atoms with Crippen LogP contribution in [0.3, 0.4) is 0 Å². The first-order valence-electron chi connectivity index (χ1n) is 7.89. The lowest BCUT2D eigenvalue weighted by molar-refractivity contribution is -0.121. The molecule has 0 radical (unpaired) electrons. The van der Waals surface area contributed by atoms with Gasteiger partial charge in [-0.1, -0.05) is 40.2 Å². The van der Waals surface area contributed by atoms with E-state index in [1.165, 1.54) is 12.1 Å². The molecular weight excluding hydrogens is 371 g/mol. The van der Waals surface area contributed by atoms with Crippen molar-refractivity contribution in [2.45, 2.75) is 18.9 Å². The zero-order chi connectivity index (χ0) is 17.5. The lowest BCUT2D eigenvalue weighted by Crippen LogP contribution is -2.34. The highest BCUT2D eigenvalue weighted by Crippen LogP contribution is 2.18. The molecule has 1 unspecified atom stereocenters. The van der Waals surface area contributed by atoms with Crippen LogP contribution < -0.4 is 5.32 Å². The van der Waals surface area contributed by atoms with Gasteiger partial charge >= 0.3 is 0 Å². The fourth-order valence-corrected chi connectivity index (χ4v) is 3.01. The molecule has 0 aliphatic heterocycles. The first-order valence-corrected chi connectivity index (χ1v) is 8.68. The molecular formula is C19H22BrFN2O. The SMILES string of the molecule is CN(C)C(CNC(=O)CCc1cccc(Br)c1)c1cccc(F)c1. The predicted molar refractivity (Wildman–Crippen MR) is 98.3 cm³/mol. The second-order valence-electron chi connectivity index (χ2n) is 5.97. The lowest BCUT2D eigenvalue weighted by Gasteiger charge is -2.25. The van der Waals surface area contributed by atoms with Gasteiger partial charge in [0, 0.05) is 17.4 Å². The van der Waals surface area contributed by atoms with E-state index in [0.29, 0.717) is 19.4 Å². The number of benzene rings is 2. The number of halogens is 2. The van der Waals surface area contributed by atoms with E-state index >= 15 is 0 Å². The van der Waals surface area contributed by atoms with Crippen LogP contribution in [0.25, 0.3) is 0 Å². The number of hydrogen-bond donors (Lipinski definition) is 1. The number of carbonyl (C=O) groups is 1. The predicted octanol–water partition coefficient (Wildman–Crippen LogP) is 3.94. The molecule has 2 rings (SSSR count). The Labute approximate surface area is 151 Å². The number of nitrogens with one attached hydrogen (secondary N) is 1. The molecule has 0 aliphatic rings. The quantitative estimate of drug-likeness (QED) is 0.773. The van der Waals surface area contributed by atoms with E-state index in [9.17, 15) is 9.18 Å². The van der Waals surface area contributed by atoms with Crippen LogP contribution in [0, 0.1) is 5.82 Å². The van der Waals surface area contributed by atoms with E-state index in [2.05, 4.69) is 21.2 Å². The summed E-state index contributed by atoms with van der Waals surface area (Å²) in [4.78, 5) is 14.1. The minimum absolute atomic E-state index is 0.00164. The number of carbonyl (C=O) groups excluding carboxylic acids is 1. The Kier molecular flexibility index (Phi) is 6.94. The monoisotopic (exact) mass is 392 g/mol. The lowest BCUT2D eigenvalue weighted by atomic mass is 10.1. The zero-order valence-corrected chi connectivity index (χ0v) is 15.5. The van der Waals surface area contributed by atoms with Gasteiger partial charge in [0.05, 0.1) is 6.04 Å². The van der Waals surface area contributed by atoms with Gasteiger partial charge in [-0.25, -0.2) is 4.39 Å². The molecule has 24 heavy (non-hydrogen) atoms. The Hall–Kier alpha value is -1.72. The number of hydrogen-bond acceptors (Lipinski definition) is 2. The van der Waals surface area contributed by atoms with Gasteiger partial charge in [0.2, 0.25) is 5.91 Å². The maximum atomic E-state index is 13.4. The maximum absolute atomic E-state index is 13.4. The van der Waals surface area contributed by atoms with Crippen LogP contribution in [0.5, 0.6) is 0 Å². The molecule has 0 aliphatic carbocycles. The number of amides is 1. The molecule has 0 fully saturated rings. The van der Waals surface area contributed by atoms with E-state index in [0.717, 1.165) is 15.6 Å². The fraction of sp³-hybridized carbons (Fsp3) is 0.316. The van der Waals surface area contributed by atoms with E-state index in [1.54, 1.807) is 6.07 Å². The third-order valence-corrected chi connectivity index (χ3v) is 4.37. The summed E-state index contributed by atoms with van der Waals surface area (Å²) < 4.78 is 14.4. The van der Waals surface area contributed by atoms with Gasteiger partial charge in [-0.05, 0) is 55.9 Å². The smallest absolute Gasteiger partial charge is 0.220 e. The minimum atomic E-state index is -0.264. The van der Waals surface area contributed by atoms with Crippen LogP contribution in [0.2, 0.25) is 0 Å². The Morgan fingerprint density at radius 3 is 2.62 bits per heavy atom. The molecule has 0 spiro atoms. The second kappa shape index (κ2) is 8.94. The van der Waals surface area contributed by atoms with Gasteiger partial charge in [-0.2, -0.15) is 0 Å². The summed E-state index contributed by atoms with van der Waals surface area (Å²) >= 11 is 3.43. The Morgan fingerprint density at radius 2 is 1.96 bits per heavy atom. The summed E-state index contributed by atoms with van der Waals surface area (Å²) in [7, 11) is 3.84. The summed E-state index contributed by atoms with van der Waals surface area (Å²) in [6.07, 6.45) is 1.12. The molecule has 1 atom stereocenters. The first-order chi connectivity index (χ1) is 11.5. The van der Waals surface area contributed by atoms with Crippen LogP contribution in [0.1, 0.15) is 23.6 Å². The molecule has 2 aromatic rings. The topological polar surface area (TPSA) is 32.3 Å². The van der Waals surface area contributed by atoms with Crippen molar-refractivity contribution < 1.29 is 9.18 Å². The van der Waals surface area contributed by atoms with Crippen molar-refractivity contribution in [3.05, 3.63) is 69.9 Å². The molecule has 1 amide bonds. The summed E-state index contributed by atoms with van der Waals surface area (Å²) in [6, 6.07) is 14.4. The number of likely N-dealkylation sites (N-methyl/N-ethyl adjacent to an activating group) is 1. The molecule has 5 heteroatoms. The molecule has 128 valence electrons. The summed E-state index contributed by atoms with van der Waals surface area (Å²) in [5.74, 6) is -0.265. The van der Waals surface area contributed by atoms with Crippen molar-refractivity contribution in [3.8, 4) is 0 Å². The molecule has 0 heterocycles. The second-order valence-corrected chi connectivity index (χ2v) is 6.88. The van der Waals surface area contributed by atoms with Crippen molar-refractivity contribution in [3.63, 3.8) is 0 Å². The van der Waals surface area contributed by atoms with Gasteiger partial charge in [0.25, 0.3) is 0 Å². The van der Waals surface area contributed by atoms with Crippen LogP contribution >= 0.6 is 15.9 Å². The van der Waals surface area contributed by atoms with Crippen molar-refractivity contribution in [2.24, 2.45) is 0 Å². The largest absolute Gasteiger partial charge is 0.354 e. The van der Waals surface area contributed by atoms with Crippen molar-refractivity contribution in [1.29, 1.82) is 0 Å². The molecule has 3 nitrogen and oxygen atoms in total. The number of rotatable bonds is 7. The Morgan fingerprint density at radius 1 is 1.21 bits per heavy atom. The van der Waals surface area contributed by atoms with E-state index in [4.69, 9.17) is 0 Å². The highest BCUT2D eigenvalue weighted by molar-refractivity contribution is 9.10. The fourth-order valence-electron chi connectivity index (χ4n) is 2.56. The third-order valence-electron chi connectivity index (χ3n) is 3.88.